The van der Waals surface area contributed by atoms with Gasteiger partial charge in [0.25, 0.3) is 11.7 Å². The summed E-state index contributed by atoms with van der Waals surface area (Å²) >= 11 is 0. The average Bonchev–Trinajstić information content (AvgIpc) is 3.45. The zero-order valence-corrected chi connectivity index (χ0v) is 18.0. The molecule has 33 heavy (non-hydrogen) atoms. The third kappa shape index (κ3) is 3.98. The van der Waals surface area contributed by atoms with Crippen molar-refractivity contribution in [3.8, 4) is 5.75 Å². The quantitative estimate of drug-likeness (QED) is 0.262. The first-order valence-corrected chi connectivity index (χ1v) is 10.2. The van der Waals surface area contributed by atoms with E-state index in [0.717, 1.165) is 0 Å². The van der Waals surface area contributed by atoms with E-state index in [-0.39, 0.29) is 28.3 Å². The minimum Gasteiger partial charge on any atom is -0.507 e. The van der Waals surface area contributed by atoms with Crippen LogP contribution in [-0.2, 0) is 14.3 Å². The monoisotopic (exact) mass is 447 g/mol. The molecule has 2 heterocycles. The van der Waals surface area contributed by atoms with Crippen molar-refractivity contribution < 1.29 is 33.4 Å². The van der Waals surface area contributed by atoms with Crippen LogP contribution in [0.3, 0.4) is 0 Å². The third-order valence-corrected chi connectivity index (χ3v) is 5.22. The maximum absolute atomic E-state index is 13.1. The van der Waals surface area contributed by atoms with Gasteiger partial charge in [-0.1, -0.05) is 18.2 Å². The van der Waals surface area contributed by atoms with Crippen molar-refractivity contribution in [3.63, 3.8) is 0 Å². The van der Waals surface area contributed by atoms with E-state index >= 15 is 0 Å². The van der Waals surface area contributed by atoms with E-state index in [2.05, 4.69) is 0 Å². The molecule has 0 aliphatic carbocycles. The summed E-state index contributed by atoms with van der Waals surface area (Å²) in [6.45, 7) is 2.26. The van der Waals surface area contributed by atoms with E-state index < -0.39 is 23.7 Å². The number of amides is 1. The molecule has 0 bridgehead atoms. The molecule has 4 rings (SSSR count). The summed E-state index contributed by atoms with van der Waals surface area (Å²) in [5.74, 6) is -1.89. The van der Waals surface area contributed by atoms with E-state index in [0.29, 0.717) is 17.9 Å². The molecule has 1 unspecified atom stereocenters. The Morgan fingerprint density at radius 1 is 1.06 bits per heavy atom. The molecule has 8 nitrogen and oxygen atoms in total. The van der Waals surface area contributed by atoms with Gasteiger partial charge in [0, 0.05) is 11.3 Å². The molecule has 0 saturated carbocycles. The number of hydrogen-bond acceptors (Lipinski definition) is 7. The van der Waals surface area contributed by atoms with Crippen molar-refractivity contribution in [3.05, 3.63) is 89.4 Å². The summed E-state index contributed by atoms with van der Waals surface area (Å²) in [5.41, 5.74) is 0.675. The highest BCUT2D eigenvalue weighted by Crippen LogP contribution is 2.42. The number of hydrogen-bond donors (Lipinski definition) is 1. The number of furan rings is 1. The fraction of sp³-hybridized carbons (Fsp3) is 0.160. The van der Waals surface area contributed by atoms with Gasteiger partial charge in [-0.05, 0) is 49.4 Å². The predicted octanol–water partition coefficient (Wildman–Crippen LogP) is 4.09. The molecule has 2 aromatic carbocycles. The molecule has 1 fully saturated rings. The summed E-state index contributed by atoms with van der Waals surface area (Å²) in [4.78, 5) is 39.5. The summed E-state index contributed by atoms with van der Waals surface area (Å²) < 4.78 is 15.8. The third-order valence-electron chi connectivity index (χ3n) is 5.22. The number of methoxy groups -OCH3 is 1. The normalized spacial score (nSPS) is 17.3. The van der Waals surface area contributed by atoms with Crippen LogP contribution >= 0.6 is 0 Å². The summed E-state index contributed by atoms with van der Waals surface area (Å²) in [6.07, 6.45) is 1.41. The van der Waals surface area contributed by atoms with Gasteiger partial charge in [0.05, 0.1) is 31.1 Å². The lowest BCUT2D eigenvalue weighted by molar-refractivity contribution is -0.132. The smallest absolute Gasteiger partial charge is 0.337 e. The highest BCUT2D eigenvalue weighted by atomic mass is 16.5. The Balaban J connectivity index is 1.88. The zero-order chi connectivity index (χ0) is 23.5. The molecule has 8 heteroatoms. The number of aliphatic hydroxyl groups is 1. The van der Waals surface area contributed by atoms with Crippen LogP contribution in [0.4, 0.5) is 5.69 Å². The van der Waals surface area contributed by atoms with E-state index in [1.165, 1.54) is 30.4 Å². The number of esters is 1. The van der Waals surface area contributed by atoms with Gasteiger partial charge in [0.1, 0.15) is 23.3 Å². The van der Waals surface area contributed by atoms with Gasteiger partial charge >= 0.3 is 5.97 Å². The average molecular weight is 447 g/mol. The molecular formula is C25H21NO7. The minimum absolute atomic E-state index is 0.132. The molecule has 1 aliphatic rings. The first-order chi connectivity index (χ1) is 16.0. The van der Waals surface area contributed by atoms with Gasteiger partial charge in [-0.25, -0.2) is 4.79 Å². The molecule has 1 amide bonds. The lowest BCUT2D eigenvalue weighted by Gasteiger charge is -2.23. The molecule has 1 atom stereocenters. The number of ketones is 1. The van der Waals surface area contributed by atoms with Crippen molar-refractivity contribution in [1.29, 1.82) is 0 Å². The van der Waals surface area contributed by atoms with Crippen molar-refractivity contribution in [1.82, 2.24) is 0 Å². The second-order valence-electron chi connectivity index (χ2n) is 7.19. The summed E-state index contributed by atoms with van der Waals surface area (Å²) in [7, 11) is 1.25. The Hall–Kier alpha value is -4.33. The standard InChI is InChI=1S/C25H21NO7/c1-3-32-18-10-5-7-15(14-18)22(27)20-21(19-11-6-12-33-19)26(24(29)23(20)28)17-9-4-8-16(13-17)25(30)31-2/h4-14,21,27H,3H2,1-2H3/b22-20-. The number of carbonyl (C=O) groups is 3. The SMILES string of the molecule is CCOc1cccc(/C(O)=C2/C(=O)C(=O)N(c3cccc(C(=O)OC)c3)C2c2ccco2)c1. The molecule has 168 valence electrons. The molecule has 3 aromatic rings. The van der Waals surface area contributed by atoms with E-state index in [9.17, 15) is 19.5 Å². The van der Waals surface area contributed by atoms with Crippen LogP contribution in [0, 0.1) is 0 Å². The van der Waals surface area contributed by atoms with E-state index in [4.69, 9.17) is 13.9 Å². The number of rotatable bonds is 6. The van der Waals surface area contributed by atoms with E-state index in [1.54, 1.807) is 48.5 Å². The number of Topliss-reactive ketones (excluding diaryl/α,β-unsaturated/α-hetero) is 1. The van der Waals surface area contributed by atoms with Gasteiger partial charge in [-0.15, -0.1) is 0 Å². The zero-order valence-electron chi connectivity index (χ0n) is 18.0. The maximum atomic E-state index is 13.1. The molecule has 1 aromatic heterocycles. The number of ether oxygens (including phenoxy) is 2. The molecule has 1 aliphatic heterocycles. The topological polar surface area (TPSA) is 106 Å². The van der Waals surface area contributed by atoms with Crippen LogP contribution in [0.1, 0.15) is 34.6 Å². The highest BCUT2D eigenvalue weighted by Gasteiger charge is 2.48. The maximum Gasteiger partial charge on any atom is 0.337 e. The fourth-order valence-corrected chi connectivity index (χ4v) is 3.77. The number of aliphatic hydroxyl groups excluding tert-OH is 1. The molecule has 1 N–H and O–H groups in total. The molecule has 0 radical (unpaired) electrons. The first-order valence-electron chi connectivity index (χ1n) is 10.2. The van der Waals surface area contributed by atoms with Gasteiger partial charge < -0.3 is 19.0 Å². The minimum atomic E-state index is -1.04. The number of anilines is 1. The Bertz CT molecular complexity index is 1240. The van der Waals surface area contributed by atoms with Crippen molar-refractivity contribution in [2.24, 2.45) is 0 Å². The van der Waals surface area contributed by atoms with Gasteiger partial charge in [-0.3, -0.25) is 14.5 Å². The van der Waals surface area contributed by atoms with E-state index in [1.807, 2.05) is 6.92 Å². The highest BCUT2D eigenvalue weighted by molar-refractivity contribution is 6.51. The van der Waals surface area contributed by atoms with Gasteiger partial charge in [-0.2, -0.15) is 0 Å². The molecule has 1 saturated heterocycles. The van der Waals surface area contributed by atoms with Crippen LogP contribution in [0.2, 0.25) is 0 Å². The molecule has 0 spiro atoms. The van der Waals surface area contributed by atoms with Gasteiger partial charge in [0.15, 0.2) is 0 Å². The summed E-state index contributed by atoms with van der Waals surface area (Å²) in [6, 6.07) is 14.9. The Morgan fingerprint density at radius 3 is 2.52 bits per heavy atom. The largest absolute Gasteiger partial charge is 0.507 e. The van der Waals surface area contributed by atoms with Crippen molar-refractivity contribution in [2.45, 2.75) is 13.0 Å². The second-order valence-corrected chi connectivity index (χ2v) is 7.19. The molecular weight excluding hydrogens is 426 g/mol. The Morgan fingerprint density at radius 2 is 1.82 bits per heavy atom. The predicted molar refractivity (Wildman–Crippen MR) is 119 cm³/mol. The van der Waals surface area contributed by atoms with Crippen LogP contribution in [-0.4, -0.2) is 36.5 Å². The van der Waals surface area contributed by atoms with Crippen molar-refractivity contribution >= 4 is 29.1 Å². The second kappa shape index (κ2) is 9.04. The lowest BCUT2D eigenvalue weighted by Crippen LogP contribution is -2.29. The van der Waals surface area contributed by atoms with Crippen LogP contribution in [0.15, 0.2) is 76.9 Å². The number of carbonyl (C=O) groups excluding carboxylic acids is 3. The first kappa shape index (κ1) is 21.9. The Kier molecular flexibility index (Phi) is 5.99. The lowest BCUT2D eigenvalue weighted by atomic mass is 9.99. The van der Waals surface area contributed by atoms with Gasteiger partial charge in [0.2, 0.25) is 0 Å². The van der Waals surface area contributed by atoms with Crippen LogP contribution in [0.25, 0.3) is 5.76 Å². The van der Waals surface area contributed by atoms with Crippen molar-refractivity contribution in [2.75, 3.05) is 18.6 Å². The summed E-state index contributed by atoms with van der Waals surface area (Å²) in [5, 5.41) is 11.1. The number of benzene rings is 2. The number of nitrogens with zero attached hydrogens (tertiary/aromatic N) is 1. The Labute approximate surface area is 189 Å². The van der Waals surface area contributed by atoms with Crippen LogP contribution in [0.5, 0.6) is 5.75 Å². The fourth-order valence-electron chi connectivity index (χ4n) is 3.77. The van der Waals surface area contributed by atoms with Crippen LogP contribution < -0.4 is 9.64 Å².